The summed E-state index contributed by atoms with van der Waals surface area (Å²) in [4.78, 5) is 21.7. The van der Waals surface area contributed by atoms with Gasteiger partial charge in [0.15, 0.2) is 0 Å². The number of carboxylic acids is 2. The van der Waals surface area contributed by atoms with E-state index in [0.717, 1.165) is 0 Å². The van der Waals surface area contributed by atoms with Crippen molar-refractivity contribution >= 4 is 11.9 Å². The summed E-state index contributed by atoms with van der Waals surface area (Å²) in [5, 5.41) is 17.8. The van der Waals surface area contributed by atoms with E-state index in [9.17, 15) is 14.7 Å². The fourth-order valence-corrected chi connectivity index (χ4v) is 2.18. The smallest absolute Gasteiger partial charge is 0.307 e. The third kappa shape index (κ3) is 4.64. The van der Waals surface area contributed by atoms with Crippen molar-refractivity contribution in [2.45, 2.75) is 40.5 Å². The number of hydrogen-bond acceptors (Lipinski definition) is 2. The molecule has 0 aromatic rings. The maximum absolute atomic E-state index is 11.2. The summed E-state index contributed by atoms with van der Waals surface area (Å²) >= 11 is 0. The molecule has 2 unspecified atom stereocenters. The lowest BCUT2D eigenvalue weighted by Gasteiger charge is -2.29. The Morgan fingerprint density at radius 3 is 1.75 bits per heavy atom. The molecule has 0 saturated carbocycles. The van der Waals surface area contributed by atoms with Crippen LogP contribution in [0.25, 0.3) is 0 Å². The molecule has 2 N–H and O–H groups in total. The lowest BCUT2D eigenvalue weighted by atomic mass is 9.75. The molecular weight excluding hydrogens is 208 g/mol. The predicted molar refractivity (Wildman–Crippen MR) is 61.2 cm³/mol. The first-order valence-corrected chi connectivity index (χ1v) is 5.72. The molecule has 4 nitrogen and oxygen atoms in total. The molecule has 0 saturated heterocycles. The van der Waals surface area contributed by atoms with Crippen molar-refractivity contribution in [3.8, 4) is 0 Å². The first-order valence-electron chi connectivity index (χ1n) is 5.72. The van der Waals surface area contributed by atoms with Gasteiger partial charge < -0.3 is 10.2 Å². The molecule has 0 aromatic carbocycles. The predicted octanol–water partition coefficient (Wildman–Crippen LogP) is 2.48. The van der Waals surface area contributed by atoms with Gasteiger partial charge >= 0.3 is 11.9 Å². The molecule has 0 aliphatic rings. The van der Waals surface area contributed by atoms with Gasteiger partial charge in [0.25, 0.3) is 0 Å². The standard InChI is InChI=1S/C12H22O4/c1-7(2)9(5-6-10(13)14)11(8(3)4)12(15)16/h7-9,11H,5-6H2,1-4H3,(H,13,14)(H,15,16). The maximum atomic E-state index is 11.2. The van der Waals surface area contributed by atoms with Crippen molar-refractivity contribution < 1.29 is 19.8 Å². The molecule has 16 heavy (non-hydrogen) atoms. The Bertz CT molecular complexity index is 245. The number of rotatable bonds is 7. The summed E-state index contributed by atoms with van der Waals surface area (Å²) in [6, 6.07) is 0. The van der Waals surface area contributed by atoms with Crippen LogP contribution in [0.4, 0.5) is 0 Å². The fraction of sp³-hybridized carbons (Fsp3) is 0.833. The SMILES string of the molecule is CC(C)C(CCC(=O)O)C(C(=O)O)C(C)C. The number of aliphatic carboxylic acids is 2. The molecule has 0 rings (SSSR count). The summed E-state index contributed by atoms with van der Waals surface area (Å²) in [6.45, 7) is 7.64. The van der Waals surface area contributed by atoms with Crippen molar-refractivity contribution in [3.05, 3.63) is 0 Å². The first-order chi connectivity index (χ1) is 7.27. The largest absolute Gasteiger partial charge is 0.481 e. The summed E-state index contributed by atoms with van der Waals surface area (Å²) in [5.41, 5.74) is 0. The van der Waals surface area contributed by atoms with E-state index in [0.29, 0.717) is 6.42 Å². The van der Waals surface area contributed by atoms with E-state index in [-0.39, 0.29) is 24.2 Å². The first kappa shape index (κ1) is 14.9. The third-order valence-corrected chi connectivity index (χ3v) is 3.01. The highest BCUT2D eigenvalue weighted by molar-refractivity contribution is 5.71. The van der Waals surface area contributed by atoms with Crippen LogP contribution >= 0.6 is 0 Å². The summed E-state index contributed by atoms with van der Waals surface area (Å²) in [7, 11) is 0. The summed E-state index contributed by atoms with van der Waals surface area (Å²) in [6.07, 6.45) is 0.474. The Morgan fingerprint density at radius 2 is 1.50 bits per heavy atom. The Morgan fingerprint density at radius 1 is 1.00 bits per heavy atom. The van der Waals surface area contributed by atoms with Crippen molar-refractivity contribution in [1.29, 1.82) is 0 Å². The van der Waals surface area contributed by atoms with Crippen LogP contribution in [0.5, 0.6) is 0 Å². The summed E-state index contributed by atoms with van der Waals surface area (Å²) < 4.78 is 0. The minimum atomic E-state index is -0.862. The van der Waals surface area contributed by atoms with Gasteiger partial charge in [-0.25, -0.2) is 0 Å². The van der Waals surface area contributed by atoms with E-state index in [1.54, 1.807) is 0 Å². The van der Waals surface area contributed by atoms with Gasteiger partial charge in [0.2, 0.25) is 0 Å². The highest BCUT2D eigenvalue weighted by Gasteiger charge is 2.32. The minimum absolute atomic E-state index is 0.0266. The van der Waals surface area contributed by atoms with Gasteiger partial charge in [0.05, 0.1) is 5.92 Å². The van der Waals surface area contributed by atoms with Gasteiger partial charge in [-0.3, -0.25) is 9.59 Å². The Kier molecular flexibility index (Phi) is 6.08. The molecule has 0 aliphatic carbocycles. The molecule has 0 heterocycles. The summed E-state index contributed by atoms with van der Waals surface area (Å²) in [5.74, 6) is -2.01. The lowest BCUT2D eigenvalue weighted by Crippen LogP contribution is -2.32. The number of hydrogen-bond donors (Lipinski definition) is 2. The van der Waals surface area contributed by atoms with Gasteiger partial charge in [-0.2, -0.15) is 0 Å². The number of carboxylic acid groups (broad SMARTS) is 2. The van der Waals surface area contributed by atoms with Crippen LogP contribution in [0.1, 0.15) is 40.5 Å². The van der Waals surface area contributed by atoms with Crippen molar-refractivity contribution in [2.75, 3.05) is 0 Å². The zero-order valence-corrected chi connectivity index (χ0v) is 10.4. The van der Waals surface area contributed by atoms with Crippen LogP contribution in [-0.4, -0.2) is 22.2 Å². The van der Waals surface area contributed by atoms with E-state index >= 15 is 0 Å². The molecule has 0 amide bonds. The highest BCUT2D eigenvalue weighted by Crippen LogP contribution is 2.31. The number of carbonyl (C=O) groups is 2. The zero-order chi connectivity index (χ0) is 12.9. The Labute approximate surface area is 96.7 Å². The lowest BCUT2D eigenvalue weighted by molar-refractivity contribution is -0.147. The van der Waals surface area contributed by atoms with E-state index in [2.05, 4.69) is 0 Å². The average Bonchev–Trinajstić information content (AvgIpc) is 2.09. The van der Waals surface area contributed by atoms with E-state index in [1.807, 2.05) is 27.7 Å². The third-order valence-electron chi connectivity index (χ3n) is 3.01. The maximum Gasteiger partial charge on any atom is 0.307 e. The molecule has 0 radical (unpaired) electrons. The van der Waals surface area contributed by atoms with E-state index in [4.69, 9.17) is 5.11 Å². The zero-order valence-electron chi connectivity index (χ0n) is 10.4. The van der Waals surface area contributed by atoms with Crippen LogP contribution in [0.2, 0.25) is 0 Å². The van der Waals surface area contributed by atoms with Gasteiger partial charge in [-0.05, 0) is 24.2 Å². The second-order valence-electron chi connectivity index (χ2n) is 4.95. The second kappa shape index (κ2) is 6.51. The molecule has 0 aliphatic heterocycles. The molecule has 94 valence electrons. The van der Waals surface area contributed by atoms with Crippen molar-refractivity contribution in [3.63, 3.8) is 0 Å². The van der Waals surface area contributed by atoms with Crippen molar-refractivity contribution in [2.24, 2.45) is 23.7 Å². The topological polar surface area (TPSA) is 74.6 Å². The minimum Gasteiger partial charge on any atom is -0.481 e. The molecule has 2 atom stereocenters. The Balaban J connectivity index is 4.71. The monoisotopic (exact) mass is 230 g/mol. The molecule has 0 fully saturated rings. The van der Waals surface area contributed by atoms with Crippen LogP contribution in [0, 0.1) is 23.7 Å². The highest BCUT2D eigenvalue weighted by atomic mass is 16.4. The van der Waals surface area contributed by atoms with Crippen LogP contribution < -0.4 is 0 Å². The van der Waals surface area contributed by atoms with Gasteiger partial charge in [-0.1, -0.05) is 27.7 Å². The Hall–Kier alpha value is -1.06. The molecule has 0 spiro atoms. The fourth-order valence-electron chi connectivity index (χ4n) is 2.18. The van der Waals surface area contributed by atoms with Gasteiger partial charge in [0, 0.05) is 6.42 Å². The quantitative estimate of drug-likeness (QED) is 0.704. The molecular formula is C12H22O4. The molecule has 0 aromatic heterocycles. The molecule has 4 heteroatoms. The average molecular weight is 230 g/mol. The normalized spacial score (nSPS) is 15.1. The molecule has 0 bridgehead atoms. The van der Waals surface area contributed by atoms with Gasteiger partial charge in [0.1, 0.15) is 0 Å². The van der Waals surface area contributed by atoms with Crippen molar-refractivity contribution in [1.82, 2.24) is 0 Å². The second-order valence-corrected chi connectivity index (χ2v) is 4.95. The van der Waals surface area contributed by atoms with Crippen LogP contribution in [0.3, 0.4) is 0 Å². The van der Waals surface area contributed by atoms with Crippen LogP contribution in [0.15, 0.2) is 0 Å². The van der Waals surface area contributed by atoms with Gasteiger partial charge in [-0.15, -0.1) is 0 Å². The van der Waals surface area contributed by atoms with E-state index < -0.39 is 17.9 Å². The van der Waals surface area contributed by atoms with E-state index in [1.165, 1.54) is 0 Å². The van der Waals surface area contributed by atoms with Crippen LogP contribution in [-0.2, 0) is 9.59 Å².